The molecule has 1 aromatic heterocycles. The zero-order valence-corrected chi connectivity index (χ0v) is 14.6. The van der Waals surface area contributed by atoms with Crippen LogP contribution in [0.25, 0.3) is 0 Å². The summed E-state index contributed by atoms with van der Waals surface area (Å²) in [6, 6.07) is 7.03. The lowest BCUT2D eigenvalue weighted by atomic mass is 10.2. The summed E-state index contributed by atoms with van der Waals surface area (Å²) in [5, 5.41) is 23.1. The highest BCUT2D eigenvalue weighted by Gasteiger charge is 2.19. The summed E-state index contributed by atoms with van der Waals surface area (Å²) in [4.78, 5) is 0. The number of aliphatic hydroxyl groups is 1. The van der Waals surface area contributed by atoms with Crippen LogP contribution in [0.5, 0.6) is 5.75 Å². The topological polar surface area (TPSA) is 82.3 Å². The number of hydrogen-bond donors (Lipinski definition) is 1. The van der Waals surface area contributed by atoms with Crippen LogP contribution in [0, 0.1) is 0 Å². The maximum absolute atomic E-state index is 10.1. The van der Waals surface area contributed by atoms with Crippen LogP contribution in [0.2, 0.25) is 5.02 Å². The van der Waals surface area contributed by atoms with Crippen LogP contribution in [0.15, 0.2) is 29.4 Å². The molecule has 2 atom stereocenters. The molecule has 2 unspecified atom stereocenters. The van der Waals surface area contributed by atoms with Gasteiger partial charge in [-0.2, -0.15) is 0 Å². The van der Waals surface area contributed by atoms with Crippen molar-refractivity contribution in [3.05, 3.63) is 29.3 Å². The number of ether oxygens (including phenoxy) is 2. The quantitative estimate of drug-likeness (QED) is 0.712. The highest BCUT2D eigenvalue weighted by molar-refractivity contribution is 7.99. The first-order chi connectivity index (χ1) is 11.7. The molecule has 1 fully saturated rings. The van der Waals surface area contributed by atoms with E-state index < -0.39 is 6.10 Å². The molecule has 0 saturated carbocycles. The van der Waals surface area contributed by atoms with Gasteiger partial charge in [0, 0.05) is 17.4 Å². The summed E-state index contributed by atoms with van der Waals surface area (Å²) >= 11 is 7.22. The zero-order valence-electron chi connectivity index (χ0n) is 13.0. The molecule has 1 saturated heterocycles. The molecule has 1 N–H and O–H groups in total. The van der Waals surface area contributed by atoms with Crippen molar-refractivity contribution in [2.24, 2.45) is 0 Å². The Morgan fingerprint density at radius 2 is 2.25 bits per heavy atom. The molecule has 0 aliphatic carbocycles. The van der Waals surface area contributed by atoms with Crippen molar-refractivity contribution in [2.45, 2.75) is 36.8 Å². The lowest BCUT2D eigenvalue weighted by molar-refractivity contribution is 0.0911. The molecule has 0 radical (unpaired) electrons. The number of aromatic nitrogens is 4. The Morgan fingerprint density at radius 1 is 1.42 bits per heavy atom. The van der Waals surface area contributed by atoms with Gasteiger partial charge < -0.3 is 14.6 Å². The van der Waals surface area contributed by atoms with E-state index in [2.05, 4.69) is 15.5 Å². The normalized spacial score (nSPS) is 18.7. The molecule has 1 aliphatic heterocycles. The van der Waals surface area contributed by atoms with Gasteiger partial charge in [0.1, 0.15) is 12.4 Å². The highest BCUT2D eigenvalue weighted by Crippen LogP contribution is 2.20. The monoisotopic (exact) mass is 370 g/mol. The summed E-state index contributed by atoms with van der Waals surface area (Å²) < 4.78 is 12.9. The second-order valence-corrected chi connectivity index (χ2v) is 6.93. The maximum atomic E-state index is 10.1. The molecule has 2 aromatic rings. The van der Waals surface area contributed by atoms with E-state index in [1.54, 1.807) is 28.9 Å². The molecule has 1 aromatic carbocycles. The molecular weight excluding hydrogens is 352 g/mol. The minimum Gasteiger partial charge on any atom is -0.491 e. The number of thioether (sulfide) groups is 1. The van der Waals surface area contributed by atoms with E-state index >= 15 is 0 Å². The second-order valence-electron chi connectivity index (χ2n) is 5.51. The summed E-state index contributed by atoms with van der Waals surface area (Å²) in [7, 11) is 0. The van der Waals surface area contributed by atoms with Crippen molar-refractivity contribution in [1.82, 2.24) is 20.2 Å². The fraction of sp³-hybridized carbons (Fsp3) is 0.533. The summed E-state index contributed by atoms with van der Waals surface area (Å²) in [6.45, 7) is 1.64. The van der Waals surface area contributed by atoms with Gasteiger partial charge in [0.2, 0.25) is 5.16 Å². The van der Waals surface area contributed by atoms with E-state index in [1.165, 1.54) is 11.8 Å². The van der Waals surface area contributed by atoms with Crippen molar-refractivity contribution in [2.75, 3.05) is 19.0 Å². The Hall–Kier alpha value is -1.35. The van der Waals surface area contributed by atoms with Crippen LogP contribution in [-0.2, 0) is 11.3 Å². The molecule has 1 aliphatic rings. The molecule has 2 heterocycles. The first-order valence-electron chi connectivity index (χ1n) is 7.77. The van der Waals surface area contributed by atoms with Crippen molar-refractivity contribution >= 4 is 23.4 Å². The molecule has 3 rings (SSSR count). The fourth-order valence-electron chi connectivity index (χ4n) is 2.34. The number of rotatable bonds is 8. The van der Waals surface area contributed by atoms with Crippen molar-refractivity contribution in [3.63, 3.8) is 0 Å². The van der Waals surface area contributed by atoms with Crippen LogP contribution < -0.4 is 4.74 Å². The molecule has 9 heteroatoms. The number of aliphatic hydroxyl groups excluding tert-OH is 1. The predicted molar refractivity (Wildman–Crippen MR) is 90.5 cm³/mol. The molecule has 0 bridgehead atoms. The van der Waals surface area contributed by atoms with E-state index in [1.807, 2.05) is 0 Å². The largest absolute Gasteiger partial charge is 0.491 e. The number of benzene rings is 1. The van der Waals surface area contributed by atoms with Crippen LogP contribution in [-0.4, -0.2) is 56.5 Å². The van der Waals surface area contributed by atoms with E-state index in [4.69, 9.17) is 21.1 Å². The summed E-state index contributed by atoms with van der Waals surface area (Å²) in [5.41, 5.74) is 0. The maximum Gasteiger partial charge on any atom is 0.209 e. The average Bonchev–Trinajstić information content (AvgIpc) is 3.25. The smallest absolute Gasteiger partial charge is 0.209 e. The summed E-state index contributed by atoms with van der Waals surface area (Å²) in [5.74, 6) is 1.12. The molecule has 7 nitrogen and oxygen atoms in total. The van der Waals surface area contributed by atoms with Crippen LogP contribution >= 0.6 is 23.4 Å². The Balaban J connectivity index is 1.43. The second kappa shape index (κ2) is 8.66. The van der Waals surface area contributed by atoms with Crippen molar-refractivity contribution in [1.29, 1.82) is 0 Å². The van der Waals surface area contributed by atoms with Crippen LogP contribution in [0.1, 0.15) is 12.8 Å². The Labute approximate surface area is 149 Å². The van der Waals surface area contributed by atoms with Crippen molar-refractivity contribution in [3.8, 4) is 5.75 Å². The van der Waals surface area contributed by atoms with Gasteiger partial charge >= 0.3 is 0 Å². The minimum absolute atomic E-state index is 0.172. The predicted octanol–water partition coefficient (Wildman–Crippen LogP) is 2.04. The van der Waals surface area contributed by atoms with Gasteiger partial charge in [-0.15, -0.1) is 5.10 Å². The van der Waals surface area contributed by atoms with Gasteiger partial charge in [0.15, 0.2) is 0 Å². The van der Waals surface area contributed by atoms with Gasteiger partial charge in [-0.1, -0.05) is 23.4 Å². The summed E-state index contributed by atoms with van der Waals surface area (Å²) in [6.07, 6.45) is 1.65. The first kappa shape index (κ1) is 17.5. The Kier molecular flexibility index (Phi) is 6.30. The number of tetrazole rings is 1. The fourth-order valence-corrected chi connectivity index (χ4v) is 3.26. The van der Waals surface area contributed by atoms with E-state index in [0.717, 1.165) is 19.4 Å². The zero-order chi connectivity index (χ0) is 16.8. The van der Waals surface area contributed by atoms with Gasteiger partial charge in [-0.25, -0.2) is 4.68 Å². The number of nitrogens with zero attached hydrogens (tertiary/aromatic N) is 4. The Bertz CT molecular complexity index is 634. The van der Waals surface area contributed by atoms with Gasteiger partial charge in [0.25, 0.3) is 0 Å². The molecule has 130 valence electrons. The number of hydrogen-bond acceptors (Lipinski definition) is 7. The minimum atomic E-state index is -0.626. The molecule has 0 amide bonds. The molecule has 0 spiro atoms. The van der Waals surface area contributed by atoms with Gasteiger partial charge in [-0.05, 0) is 47.5 Å². The lowest BCUT2D eigenvalue weighted by Gasteiger charge is -2.13. The SMILES string of the molecule is OC(COc1ccc(Cl)cc1)CSc1nnnn1CC1CCCO1. The third-order valence-corrected chi connectivity index (χ3v) is 4.91. The van der Waals surface area contributed by atoms with E-state index in [9.17, 15) is 5.11 Å². The van der Waals surface area contributed by atoms with Gasteiger partial charge in [0.05, 0.1) is 18.8 Å². The third-order valence-electron chi connectivity index (χ3n) is 3.56. The number of halogens is 1. The van der Waals surface area contributed by atoms with E-state index in [-0.39, 0.29) is 12.7 Å². The first-order valence-corrected chi connectivity index (χ1v) is 9.14. The lowest BCUT2D eigenvalue weighted by Crippen LogP contribution is -2.21. The highest BCUT2D eigenvalue weighted by atomic mass is 35.5. The molecule has 24 heavy (non-hydrogen) atoms. The molecular formula is C15H19ClN4O3S. The van der Waals surface area contributed by atoms with Crippen molar-refractivity contribution < 1.29 is 14.6 Å². The van der Waals surface area contributed by atoms with Crippen LogP contribution in [0.4, 0.5) is 0 Å². The standard InChI is InChI=1S/C15H19ClN4O3S/c16-11-3-5-13(6-4-11)23-9-12(21)10-24-15-17-18-19-20(15)8-14-2-1-7-22-14/h3-6,12,14,21H,1-2,7-10H2. The van der Waals surface area contributed by atoms with Crippen LogP contribution in [0.3, 0.4) is 0 Å². The van der Waals surface area contributed by atoms with E-state index in [0.29, 0.717) is 28.2 Å². The average molecular weight is 371 g/mol. The van der Waals surface area contributed by atoms with Gasteiger partial charge in [-0.3, -0.25) is 0 Å². The Morgan fingerprint density at radius 3 is 3.00 bits per heavy atom. The third kappa shape index (κ3) is 5.07.